The number of hydrogen-bond acceptors (Lipinski definition) is 4. The predicted molar refractivity (Wildman–Crippen MR) is 69.1 cm³/mol. The molecule has 5 nitrogen and oxygen atoms in total. The number of nitrogens with one attached hydrogen (secondary N) is 1. The Morgan fingerprint density at radius 2 is 1.94 bits per heavy atom. The molecule has 0 spiro atoms. The molecule has 0 radical (unpaired) electrons. The third kappa shape index (κ3) is 2.89. The number of benzene rings is 1. The first-order valence-corrected chi connectivity index (χ1v) is 5.58. The summed E-state index contributed by atoms with van der Waals surface area (Å²) in [5.41, 5.74) is 8.30. The number of hydrogen-bond donors (Lipinski definition) is 2. The van der Waals surface area contributed by atoms with Crippen LogP contribution in [0, 0.1) is 6.92 Å². The summed E-state index contributed by atoms with van der Waals surface area (Å²) in [6.07, 6.45) is 3.02. The second-order valence-corrected chi connectivity index (χ2v) is 3.90. The van der Waals surface area contributed by atoms with Crippen molar-refractivity contribution < 1.29 is 4.79 Å². The number of aryl methyl sites for hydroxylation is 1. The van der Waals surface area contributed by atoms with Gasteiger partial charge in [0.2, 0.25) is 0 Å². The lowest BCUT2D eigenvalue weighted by Crippen LogP contribution is -2.14. The summed E-state index contributed by atoms with van der Waals surface area (Å²) in [6.45, 7) is 2.30. The van der Waals surface area contributed by atoms with E-state index in [1.165, 1.54) is 6.20 Å². The first kappa shape index (κ1) is 12.2. The van der Waals surface area contributed by atoms with E-state index < -0.39 is 0 Å². The van der Waals surface area contributed by atoms with E-state index in [0.29, 0.717) is 17.9 Å². The summed E-state index contributed by atoms with van der Waals surface area (Å²) < 4.78 is 0. The quantitative estimate of drug-likeness (QED) is 0.854. The monoisotopic (exact) mass is 242 g/mol. The number of nitrogens with zero attached hydrogens (tertiary/aromatic N) is 2. The molecular weight excluding hydrogens is 228 g/mol. The highest BCUT2D eigenvalue weighted by molar-refractivity contribution is 6.02. The molecule has 5 heteroatoms. The van der Waals surface area contributed by atoms with Crippen LogP contribution in [-0.4, -0.2) is 15.9 Å². The minimum absolute atomic E-state index is 0.275. The van der Waals surface area contributed by atoms with Gasteiger partial charge in [-0.15, -0.1) is 0 Å². The van der Waals surface area contributed by atoms with Crippen LogP contribution in [0.25, 0.3) is 0 Å². The number of carbonyl (C=O) groups excluding carboxylic acids is 1. The standard InChI is InChI=1S/C13H14N4O/c1-9-7-16-12(8-15-9)13(18)17-11-4-2-10(6-14)3-5-11/h2-5,7-8H,6,14H2,1H3,(H,17,18). The van der Waals surface area contributed by atoms with Crippen LogP contribution in [-0.2, 0) is 6.54 Å². The summed E-state index contributed by atoms with van der Waals surface area (Å²) in [5.74, 6) is -0.275. The lowest BCUT2D eigenvalue weighted by atomic mass is 10.2. The molecule has 2 aromatic rings. The largest absolute Gasteiger partial charge is 0.326 e. The average molecular weight is 242 g/mol. The van der Waals surface area contributed by atoms with Crippen molar-refractivity contribution in [2.45, 2.75) is 13.5 Å². The van der Waals surface area contributed by atoms with Crippen molar-refractivity contribution in [2.24, 2.45) is 5.73 Å². The first-order valence-electron chi connectivity index (χ1n) is 5.58. The van der Waals surface area contributed by atoms with Crippen LogP contribution in [0.5, 0.6) is 0 Å². The lowest BCUT2D eigenvalue weighted by Gasteiger charge is -2.05. The summed E-state index contributed by atoms with van der Waals surface area (Å²) in [4.78, 5) is 19.9. The maximum atomic E-state index is 11.8. The zero-order chi connectivity index (χ0) is 13.0. The minimum atomic E-state index is -0.275. The molecule has 0 aliphatic carbocycles. The van der Waals surface area contributed by atoms with Gasteiger partial charge in [-0.25, -0.2) is 4.98 Å². The highest BCUT2D eigenvalue weighted by Crippen LogP contribution is 2.10. The second kappa shape index (κ2) is 5.37. The van der Waals surface area contributed by atoms with E-state index in [2.05, 4.69) is 15.3 Å². The Morgan fingerprint density at radius 1 is 1.22 bits per heavy atom. The van der Waals surface area contributed by atoms with Gasteiger partial charge in [0.15, 0.2) is 0 Å². The Hall–Kier alpha value is -2.27. The normalized spacial score (nSPS) is 10.1. The molecule has 0 bridgehead atoms. The molecule has 0 saturated carbocycles. The molecule has 0 saturated heterocycles. The van der Waals surface area contributed by atoms with Crippen molar-refractivity contribution in [1.29, 1.82) is 0 Å². The van der Waals surface area contributed by atoms with E-state index in [0.717, 1.165) is 11.3 Å². The van der Waals surface area contributed by atoms with Crippen molar-refractivity contribution in [3.05, 3.63) is 53.6 Å². The maximum Gasteiger partial charge on any atom is 0.275 e. The van der Waals surface area contributed by atoms with Crippen LogP contribution in [0.3, 0.4) is 0 Å². The highest BCUT2D eigenvalue weighted by Gasteiger charge is 2.07. The third-order valence-electron chi connectivity index (χ3n) is 2.46. The molecule has 1 heterocycles. The Kier molecular flexibility index (Phi) is 3.64. The molecule has 2 rings (SSSR count). The Labute approximate surface area is 105 Å². The molecule has 0 fully saturated rings. The van der Waals surface area contributed by atoms with Crippen molar-refractivity contribution in [1.82, 2.24) is 9.97 Å². The van der Waals surface area contributed by atoms with Crippen LogP contribution in [0.4, 0.5) is 5.69 Å². The van der Waals surface area contributed by atoms with E-state index in [1.807, 2.05) is 31.2 Å². The molecule has 1 aromatic heterocycles. The fraction of sp³-hybridized carbons (Fsp3) is 0.154. The number of carbonyl (C=O) groups is 1. The van der Waals surface area contributed by atoms with Crippen LogP contribution in [0.15, 0.2) is 36.7 Å². The Balaban J connectivity index is 2.08. The van der Waals surface area contributed by atoms with E-state index in [-0.39, 0.29) is 5.91 Å². The summed E-state index contributed by atoms with van der Waals surface area (Å²) >= 11 is 0. The number of nitrogens with two attached hydrogens (primary N) is 1. The molecule has 18 heavy (non-hydrogen) atoms. The molecular formula is C13H14N4O. The van der Waals surface area contributed by atoms with Gasteiger partial charge >= 0.3 is 0 Å². The number of anilines is 1. The van der Waals surface area contributed by atoms with Crippen LogP contribution >= 0.6 is 0 Å². The van der Waals surface area contributed by atoms with Gasteiger partial charge in [0.1, 0.15) is 5.69 Å². The van der Waals surface area contributed by atoms with Gasteiger partial charge in [-0.3, -0.25) is 9.78 Å². The molecule has 0 aliphatic rings. The number of aromatic nitrogens is 2. The summed E-state index contributed by atoms with van der Waals surface area (Å²) in [7, 11) is 0. The van der Waals surface area contributed by atoms with Crippen LogP contribution in [0.1, 0.15) is 21.7 Å². The third-order valence-corrected chi connectivity index (χ3v) is 2.46. The average Bonchev–Trinajstić information content (AvgIpc) is 2.40. The zero-order valence-corrected chi connectivity index (χ0v) is 10.1. The van der Waals surface area contributed by atoms with E-state index in [9.17, 15) is 4.79 Å². The highest BCUT2D eigenvalue weighted by atomic mass is 16.1. The van der Waals surface area contributed by atoms with Gasteiger partial charge in [0.05, 0.1) is 11.9 Å². The summed E-state index contributed by atoms with van der Waals surface area (Å²) in [6, 6.07) is 7.36. The smallest absolute Gasteiger partial charge is 0.275 e. The fourth-order valence-corrected chi connectivity index (χ4v) is 1.43. The van der Waals surface area contributed by atoms with Crippen LogP contribution < -0.4 is 11.1 Å². The van der Waals surface area contributed by atoms with Crippen molar-refractivity contribution in [3.63, 3.8) is 0 Å². The molecule has 0 atom stereocenters. The van der Waals surface area contributed by atoms with Crippen molar-refractivity contribution in [3.8, 4) is 0 Å². The molecule has 3 N–H and O–H groups in total. The summed E-state index contributed by atoms with van der Waals surface area (Å²) in [5, 5.41) is 2.75. The van der Waals surface area contributed by atoms with Gasteiger partial charge < -0.3 is 11.1 Å². The molecule has 1 amide bonds. The molecule has 0 aliphatic heterocycles. The van der Waals surface area contributed by atoms with E-state index >= 15 is 0 Å². The van der Waals surface area contributed by atoms with Gasteiger partial charge in [-0.2, -0.15) is 0 Å². The zero-order valence-electron chi connectivity index (χ0n) is 10.1. The van der Waals surface area contributed by atoms with Gasteiger partial charge in [0, 0.05) is 18.4 Å². The fourth-order valence-electron chi connectivity index (χ4n) is 1.43. The van der Waals surface area contributed by atoms with E-state index in [1.54, 1.807) is 6.20 Å². The van der Waals surface area contributed by atoms with Crippen molar-refractivity contribution >= 4 is 11.6 Å². The predicted octanol–water partition coefficient (Wildman–Crippen LogP) is 1.50. The topological polar surface area (TPSA) is 80.9 Å². The number of amides is 1. The van der Waals surface area contributed by atoms with Gasteiger partial charge in [0.25, 0.3) is 5.91 Å². The van der Waals surface area contributed by atoms with Gasteiger partial charge in [-0.05, 0) is 24.6 Å². The van der Waals surface area contributed by atoms with Crippen LogP contribution in [0.2, 0.25) is 0 Å². The lowest BCUT2D eigenvalue weighted by molar-refractivity contribution is 0.102. The van der Waals surface area contributed by atoms with Crippen molar-refractivity contribution in [2.75, 3.05) is 5.32 Å². The Bertz CT molecular complexity index is 534. The molecule has 0 unspecified atom stereocenters. The first-order chi connectivity index (χ1) is 8.69. The molecule has 92 valence electrons. The van der Waals surface area contributed by atoms with Gasteiger partial charge in [-0.1, -0.05) is 12.1 Å². The molecule has 1 aromatic carbocycles. The second-order valence-electron chi connectivity index (χ2n) is 3.90. The SMILES string of the molecule is Cc1cnc(C(=O)Nc2ccc(CN)cc2)cn1. The number of rotatable bonds is 3. The Morgan fingerprint density at radius 3 is 2.50 bits per heavy atom. The maximum absolute atomic E-state index is 11.8. The minimum Gasteiger partial charge on any atom is -0.326 e. The van der Waals surface area contributed by atoms with E-state index in [4.69, 9.17) is 5.73 Å².